The normalized spacial score (nSPS) is 14.0. The van der Waals surface area contributed by atoms with Crippen LogP contribution in [-0.4, -0.2) is 30.1 Å². The molecule has 2 aromatic carbocycles. The monoisotopic (exact) mass is 368 g/mol. The Morgan fingerprint density at radius 1 is 1.15 bits per heavy atom. The molecule has 3 rings (SSSR count). The first-order chi connectivity index (χ1) is 12.9. The van der Waals surface area contributed by atoms with E-state index < -0.39 is 12.6 Å². The zero-order valence-corrected chi connectivity index (χ0v) is 15.4. The highest BCUT2D eigenvalue weighted by atomic mass is 16.5. The SMILES string of the molecule is CCOc1ccc2c(c1)O/C(=C\c1cc(C)c(OCC(=O)O)c(C)c1)C2=O. The molecule has 0 aliphatic carbocycles. The number of Topliss-reactive ketones (excluding diaryl/α,β-unsaturated/α-hetero) is 1. The topological polar surface area (TPSA) is 82.1 Å². The van der Waals surface area contributed by atoms with Crippen molar-refractivity contribution >= 4 is 17.8 Å². The number of ether oxygens (including phenoxy) is 3. The zero-order chi connectivity index (χ0) is 19.6. The number of rotatable bonds is 6. The van der Waals surface area contributed by atoms with Gasteiger partial charge in [-0.15, -0.1) is 0 Å². The Kier molecular flexibility index (Phi) is 5.16. The molecule has 140 valence electrons. The lowest BCUT2D eigenvalue weighted by Crippen LogP contribution is -2.11. The molecule has 0 saturated heterocycles. The first-order valence-corrected chi connectivity index (χ1v) is 8.56. The summed E-state index contributed by atoms with van der Waals surface area (Å²) in [6.45, 7) is 5.67. The molecule has 0 saturated carbocycles. The van der Waals surface area contributed by atoms with Gasteiger partial charge in [0.15, 0.2) is 12.4 Å². The fraction of sp³-hybridized carbons (Fsp3) is 0.238. The van der Waals surface area contributed by atoms with Crippen LogP contribution in [0, 0.1) is 13.8 Å². The van der Waals surface area contributed by atoms with E-state index in [-0.39, 0.29) is 11.5 Å². The maximum absolute atomic E-state index is 12.6. The van der Waals surface area contributed by atoms with E-state index >= 15 is 0 Å². The molecule has 0 spiro atoms. The van der Waals surface area contributed by atoms with E-state index in [0.717, 1.165) is 16.7 Å². The molecule has 0 aromatic heterocycles. The van der Waals surface area contributed by atoms with Gasteiger partial charge in [0.25, 0.3) is 0 Å². The first kappa shape index (κ1) is 18.5. The van der Waals surface area contributed by atoms with Gasteiger partial charge in [-0.3, -0.25) is 4.79 Å². The van der Waals surface area contributed by atoms with Crippen LogP contribution in [0.5, 0.6) is 17.2 Å². The van der Waals surface area contributed by atoms with Crippen molar-refractivity contribution in [2.24, 2.45) is 0 Å². The third-order valence-corrected chi connectivity index (χ3v) is 4.07. The van der Waals surface area contributed by atoms with E-state index in [4.69, 9.17) is 19.3 Å². The van der Waals surface area contributed by atoms with Crippen molar-refractivity contribution in [3.05, 3.63) is 58.3 Å². The van der Waals surface area contributed by atoms with E-state index in [2.05, 4.69) is 0 Å². The molecule has 0 bridgehead atoms. The maximum Gasteiger partial charge on any atom is 0.341 e. The van der Waals surface area contributed by atoms with Gasteiger partial charge in [0.1, 0.15) is 17.2 Å². The largest absolute Gasteiger partial charge is 0.494 e. The number of fused-ring (bicyclic) bond motifs is 1. The minimum atomic E-state index is -1.03. The lowest BCUT2D eigenvalue weighted by Gasteiger charge is -2.11. The molecule has 1 aliphatic rings. The van der Waals surface area contributed by atoms with Gasteiger partial charge in [-0.1, -0.05) is 0 Å². The second-order valence-corrected chi connectivity index (χ2v) is 6.20. The Hall–Kier alpha value is -3.28. The quantitative estimate of drug-likeness (QED) is 0.782. The molecule has 0 fully saturated rings. The molecule has 2 aromatic rings. The van der Waals surface area contributed by atoms with Crippen molar-refractivity contribution in [1.29, 1.82) is 0 Å². The molecule has 6 heteroatoms. The maximum atomic E-state index is 12.6. The Bertz CT molecular complexity index is 919. The summed E-state index contributed by atoms with van der Waals surface area (Å²) in [6.07, 6.45) is 1.67. The molecule has 0 radical (unpaired) electrons. The highest BCUT2D eigenvalue weighted by Crippen LogP contribution is 2.35. The van der Waals surface area contributed by atoms with Gasteiger partial charge in [0.05, 0.1) is 12.2 Å². The highest BCUT2D eigenvalue weighted by molar-refractivity contribution is 6.14. The van der Waals surface area contributed by atoms with E-state index in [0.29, 0.717) is 29.4 Å². The van der Waals surface area contributed by atoms with E-state index in [1.54, 1.807) is 24.3 Å². The number of aliphatic carboxylic acids is 1. The number of aryl methyl sites for hydroxylation is 2. The van der Waals surface area contributed by atoms with Crippen molar-refractivity contribution in [3.8, 4) is 17.2 Å². The third kappa shape index (κ3) is 3.95. The van der Waals surface area contributed by atoms with Crippen molar-refractivity contribution in [3.63, 3.8) is 0 Å². The standard InChI is InChI=1S/C21H20O6/c1-4-25-15-5-6-16-17(10-15)27-18(20(16)24)9-14-7-12(2)21(13(3)8-14)26-11-19(22)23/h5-10H,4,11H2,1-3H3,(H,22,23)/b18-9-. The summed E-state index contributed by atoms with van der Waals surface area (Å²) in [6, 6.07) is 8.79. The summed E-state index contributed by atoms with van der Waals surface area (Å²) in [4.78, 5) is 23.3. The number of carbonyl (C=O) groups is 2. The van der Waals surface area contributed by atoms with Gasteiger partial charge in [0, 0.05) is 6.07 Å². The summed E-state index contributed by atoms with van der Waals surface area (Å²) in [5.41, 5.74) is 2.84. The molecule has 1 N–H and O–H groups in total. The van der Waals surface area contributed by atoms with Crippen LogP contribution >= 0.6 is 0 Å². The van der Waals surface area contributed by atoms with Crippen molar-refractivity contribution in [2.75, 3.05) is 13.2 Å². The number of allylic oxidation sites excluding steroid dienone is 1. The van der Waals surface area contributed by atoms with Gasteiger partial charge in [-0.05, 0) is 67.8 Å². The Balaban J connectivity index is 1.87. The number of hydrogen-bond acceptors (Lipinski definition) is 5. The molecular weight excluding hydrogens is 348 g/mol. The minimum absolute atomic E-state index is 0.186. The fourth-order valence-corrected chi connectivity index (χ4v) is 3.00. The Morgan fingerprint density at radius 2 is 1.85 bits per heavy atom. The van der Waals surface area contributed by atoms with Gasteiger partial charge in [0.2, 0.25) is 5.78 Å². The molecular formula is C21H20O6. The predicted octanol–water partition coefficient (Wildman–Crippen LogP) is 3.78. The molecule has 6 nitrogen and oxygen atoms in total. The van der Waals surface area contributed by atoms with Crippen molar-refractivity contribution in [1.82, 2.24) is 0 Å². The van der Waals surface area contributed by atoms with Crippen LogP contribution in [0.1, 0.15) is 34.0 Å². The predicted molar refractivity (Wildman–Crippen MR) is 99.6 cm³/mol. The van der Waals surface area contributed by atoms with Crippen molar-refractivity contribution in [2.45, 2.75) is 20.8 Å². The second-order valence-electron chi connectivity index (χ2n) is 6.20. The number of ketones is 1. The van der Waals surface area contributed by atoms with Gasteiger partial charge >= 0.3 is 5.97 Å². The number of hydrogen-bond donors (Lipinski definition) is 1. The fourth-order valence-electron chi connectivity index (χ4n) is 3.00. The Morgan fingerprint density at radius 3 is 2.48 bits per heavy atom. The third-order valence-electron chi connectivity index (χ3n) is 4.07. The van der Waals surface area contributed by atoms with Crippen LogP contribution in [0.2, 0.25) is 0 Å². The summed E-state index contributed by atoms with van der Waals surface area (Å²) >= 11 is 0. The summed E-state index contributed by atoms with van der Waals surface area (Å²) in [7, 11) is 0. The Labute approximate surface area is 157 Å². The van der Waals surface area contributed by atoms with Gasteiger partial charge in [-0.25, -0.2) is 4.79 Å². The lowest BCUT2D eigenvalue weighted by atomic mass is 10.0. The van der Waals surface area contributed by atoms with Crippen LogP contribution in [0.15, 0.2) is 36.1 Å². The van der Waals surface area contributed by atoms with Crippen LogP contribution < -0.4 is 14.2 Å². The summed E-state index contributed by atoms with van der Waals surface area (Å²) in [5.74, 6) is 0.673. The molecule has 0 amide bonds. The molecule has 0 unspecified atom stereocenters. The van der Waals surface area contributed by atoms with Crippen LogP contribution in [-0.2, 0) is 4.79 Å². The van der Waals surface area contributed by atoms with Crippen LogP contribution in [0.3, 0.4) is 0 Å². The number of carbonyl (C=O) groups excluding carboxylic acids is 1. The molecule has 27 heavy (non-hydrogen) atoms. The average Bonchev–Trinajstić information content (AvgIpc) is 2.89. The average molecular weight is 368 g/mol. The van der Waals surface area contributed by atoms with Crippen LogP contribution in [0.25, 0.3) is 6.08 Å². The van der Waals surface area contributed by atoms with Gasteiger partial charge < -0.3 is 19.3 Å². The van der Waals surface area contributed by atoms with Gasteiger partial charge in [-0.2, -0.15) is 0 Å². The van der Waals surface area contributed by atoms with E-state index in [1.165, 1.54) is 0 Å². The van der Waals surface area contributed by atoms with Crippen molar-refractivity contribution < 1.29 is 28.9 Å². The van der Waals surface area contributed by atoms with Crippen LogP contribution in [0.4, 0.5) is 0 Å². The summed E-state index contributed by atoms with van der Waals surface area (Å²) in [5, 5.41) is 8.77. The molecule has 1 aliphatic heterocycles. The van der Waals surface area contributed by atoms with E-state index in [1.807, 2.05) is 32.9 Å². The second kappa shape index (κ2) is 7.53. The summed E-state index contributed by atoms with van der Waals surface area (Å²) < 4.78 is 16.5. The number of benzene rings is 2. The zero-order valence-electron chi connectivity index (χ0n) is 15.4. The smallest absolute Gasteiger partial charge is 0.341 e. The van der Waals surface area contributed by atoms with E-state index in [9.17, 15) is 9.59 Å². The highest BCUT2D eigenvalue weighted by Gasteiger charge is 2.27. The minimum Gasteiger partial charge on any atom is -0.494 e. The molecule has 1 heterocycles. The number of carboxylic acid groups (broad SMARTS) is 1. The molecule has 0 atom stereocenters. The lowest BCUT2D eigenvalue weighted by molar-refractivity contribution is -0.139. The first-order valence-electron chi connectivity index (χ1n) is 8.56. The number of carboxylic acids is 1.